The second-order valence-corrected chi connectivity index (χ2v) is 6.84. The molecule has 0 heterocycles. The van der Waals surface area contributed by atoms with Gasteiger partial charge in [0, 0.05) is 5.02 Å². The van der Waals surface area contributed by atoms with Crippen LogP contribution < -0.4 is 5.46 Å². The van der Waals surface area contributed by atoms with Gasteiger partial charge < -0.3 is 9.76 Å². The molecule has 0 saturated carbocycles. The summed E-state index contributed by atoms with van der Waals surface area (Å²) in [7, 11) is 1.67. The van der Waals surface area contributed by atoms with Crippen molar-refractivity contribution in [3.05, 3.63) is 53.6 Å². The molecule has 2 aromatic rings. The molecule has 0 aliphatic carbocycles. The Labute approximate surface area is 138 Å². The van der Waals surface area contributed by atoms with Crippen molar-refractivity contribution < 1.29 is 9.76 Å². The highest BCUT2D eigenvalue weighted by Crippen LogP contribution is 2.25. The zero-order valence-corrected chi connectivity index (χ0v) is 14.2. The molecule has 0 aromatic heterocycles. The molecular formula is C18H21BClO2. The van der Waals surface area contributed by atoms with Crippen molar-refractivity contribution in [2.75, 3.05) is 0 Å². The van der Waals surface area contributed by atoms with E-state index in [1.165, 1.54) is 0 Å². The van der Waals surface area contributed by atoms with Crippen molar-refractivity contribution >= 4 is 24.5 Å². The highest BCUT2D eigenvalue weighted by Gasteiger charge is 2.35. The summed E-state index contributed by atoms with van der Waals surface area (Å²) in [5.41, 5.74) is 1.33. The van der Waals surface area contributed by atoms with Gasteiger partial charge in [0.15, 0.2) is 0 Å². The number of hydrogen-bond acceptors (Lipinski definition) is 2. The number of halogens is 1. The average molecular weight is 316 g/mol. The minimum Gasteiger partial charge on any atom is -0.427 e. The lowest BCUT2D eigenvalue weighted by molar-refractivity contribution is -0.0893. The first-order valence-electron chi connectivity index (χ1n) is 7.29. The van der Waals surface area contributed by atoms with Crippen LogP contribution in [-0.4, -0.2) is 23.8 Å². The Morgan fingerprint density at radius 2 is 1.64 bits per heavy atom. The summed E-state index contributed by atoms with van der Waals surface area (Å²) in [6.45, 7) is 7.18. The maximum Gasteiger partial charge on any atom is 0.331 e. The SMILES string of the molecule is CC(C)(O)C(C)(C)O[B]c1cc(Cl)ccc1-c1ccccc1. The normalized spacial score (nSPS) is 12.3. The van der Waals surface area contributed by atoms with Crippen LogP contribution >= 0.6 is 11.6 Å². The first-order valence-corrected chi connectivity index (χ1v) is 7.67. The maximum atomic E-state index is 10.2. The summed E-state index contributed by atoms with van der Waals surface area (Å²) in [6.07, 6.45) is 0. The molecule has 4 heteroatoms. The molecule has 0 fully saturated rings. The van der Waals surface area contributed by atoms with Gasteiger partial charge in [-0.1, -0.05) is 48.0 Å². The number of rotatable bonds is 5. The number of hydrogen-bond donors (Lipinski definition) is 1. The molecule has 0 bridgehead atoms. The molecule has 0 unspecified atom stereocenters. The zero-order chi connectivity index (χ0) is 16.4. The van der Waals surface area contributed by atoms with E-state index in [4.69, 9.17) is 16.3 Å². The number of aliphatic hydroxyl groups is 1. The molecule has 2 rings (SSSR count). The van der Waals surface area contributed by atoms with Crippen LogP contribution in [0.15, 0.2) is 48.5 Å². The van der Waals surface area contributed by atoms with Gasteiger partial charge in [0.2, 0.25) is 0 Å². The maximum absolute atomic E-state index is 10.2. The zero-order valence-electron chi connectivity index (χ0n) is 13.4. The summed E-state index contributed by atoms with van der Waals surface area (Å²) in [5.74, 6) is 0. The lowest BCUT2D eigenvalue weighted by atomic mass is 9.79. The van der Waals surface area contributed by atoms with Gasteiger partial charge in [0.1, 0.15) is 0 Å². The van der Waals surface area contributed by atoms with Crippen LogP contribution in [0.2, 0.25) is 5.02 Å². The van der Waals surface area contributed by atoms with Gasteiger partial charge >= 0.3 is 7.48 Å². The van der Waals surface area contributed by atoms with E-state index in [2.05, 4.69) is 0 Å². The van der Waals surface area contributed by atoms with Crippen molar-refractivity contribution in [3.8, 4) is 11.1 Å². The Balaban J connectivity index is 2.30. The van der Waals surface area contributed by atoms with Crippen LogP contribution in [0.1, 0.15) is 27.7 Å². The fourth-order valence-electron chi connectivity index (χ4n) is 1.87. The van der Waals surface area contributed by atoms with Crippen LogP contribution in [0.25, 0.3) is 11.1 Å². The predicted octanol–water partition coefficient (Wildman–Crippen LogP) is 3.82. The molecule has 0 saturated heterocycles. The Morgan fingerprint density at radius 1 is 1.00 bits per heavy atom. The Morgan fingerprint density at radius 3 is 2.23 bits per heavy atom. The predicted molar refractivity (Wildman–Crippen MR) is 93.7 cm³/mol. The molecule has 1 radical (unpaired) electrons. The summed E-state index contributed by atoms with van der Waals surface area (Å²) >= 11 is 6.12. The van der Waals surface area contributed by atoms with E-state index < -0.39 is 11.2 Å². The van der Waals surface area contributed by atoms with Crippen molar-refractivity contribution in [1.82, 2.24) is 0 Å². The topological polar surface area (TPSA) is 29.5 Å². The minimum atomic E-state index is -0.963. The van der Waals surface area contributed by atoms with Gasteiger partial charge in [-0.25, -0.2) is 0 Å². The van der Waals surface area contributed by atoms with Gasteiger partial charge in [-0.05, 0) is 56.4 Å². The Hall–Kier alpha value is -1.29. The monoisotopic (exact) mass is 315 g/mol. The summed E-state index contributed by atoms with van der Waals surface area (Å²) in [4.78, 5) is 0. The van der Waals surface area contributed by atoms with E-state index in [1.54, 1.807) is 21.3 Å². The fraction of sp³-hybridized carbons (Fsp3) is 0.333. The van der Waals surface area contributed by atoms with E-state index in [1.807, 2.05) is 62.4 Å². The molecule has 2 aromatic carbocycles. The first kappa shape index (κ1) is 17.1. The van der Waals surface area contributed by atoms with E-state index in [-0.39, 0.29) is 0 Å². The molecule has 0 atom stereocenters. The second kappa shape index (κ2) is 6.45. The lowest BCUT2D eigenvalue weighted by Crippen LogP contribution is -2.49. The quantitative estimate of drug-likeness (QED) is 0.850. The van der Waals surface area contributed by atoms with Crippen LogP contribution in [0.5, 0.6) is 0 Å². The third kappa shape index (κ3) is 3.92. The van der Waals surface area contributed by atoms with Gasteiger partial charge in [-0.3, -0.25) is 0 Å². The molecule has 1 N–H and O–H groups in total. The molecule has 0 aliphatic heterocycles. The highest BCUT2D eigenvalue weighted by molar-refractivity contribution is 6.50. The third-order valence-electron chi connectivity index (χ3n) is 4.05. The third-order valence-corrected chi connectivity index (χ3v) is 4.29. The second-order valence-electron chi connectivity index (χ2n) is 6.40. The Bertz CT molecular complexity index is 633. The first-order chi connectivity index (χ1) is 10.2. The van der Waals surface area contributed by atoms with E-state index in [9.17, 15) is 5.11 Å². The summed E-state index contributed by atoms with van der Waals surface area (Å²) in [6, 6.07) is 15.8. The molecule has 115 valence electrons. The summed E-state index contributed by atoms with van der Waals surface area (Å²) in [5, 5.41) is 10.8. The van der Waals surface area contributed by atoms with Gasteiger partial charge in [-0.15, -0.1) is 0 Å². The Kier molecular flexibility index (Phi) is 5.01. The number of benzene rings is 2. The minimum absolute atomic E-state index is 0.649. The molecule has 0 aliphatic rings. The van der Waals surface area contributed by atoms with E-state index in [0.29, 0.717) is 5.02 Å². The summed E-state index contributed by atoms with van der Waals surface area (Å²) < 4.78 is 5.86. The standard InChI is InChI=1S/C18H21BClO2/c1-17(2,21)18(3,4)22-19-16-12-14(20)10-11-15(16)13-8-6-5-7-9-13/h5-12,21H,1-4H3. The molecule has 22 heavy (non-hydrogen) atoms. The van der Waals surface area contributed by atoms with Crippen LogP contribution in [0, 0.1) is 0 Å². The molecule has 0 spiro atoms. The van der Waals surface area contributed by atoms with E-state index >= 15 is 0 Å². The van der Waals surface area contributed by atoms with Crippen LogP contribution in [-0.2, 0) is 4.65 Å². The lowest BCUT2D eigenvalue weighted by Gasteiger charge is -2.37. The van der Waals surface area contributed by atoms with E-state index in [0.717, 1.165) is 16.6 Å². The van der Waals surface area contributed by atoms with Crippen molar-refractivity contribution in [3.63, 3.8) is 0 Å². The van der Waals surface area contributed by atoms with Crippen molar-refractivity contribution in [1.29, 1.82) is 0 Å². The largest absolute Gasteiger partial charge is 0.427 e. The van der Waals surface area contributed by atoms with Crippen LogP contribution in [0.4, 0.5) is 0 Å². The highest BCUT2D eigenvalue weighted by atomic mass is 35.5. The van der Waals surface area contributed by atoms with Gasteiger partial charge in [-0.2, -0.15) is 0 Å². The van der Waals surface area contributed by atoms with Crippen molar-refractivity contribution in [2.24, 2.45) is 0 Å². The fourth-order valence-corrected chi connectivity index (χ4v) is 2.05. The molecular weight excluding hydrogens is 294 g/mol. The smallest absolute Gasteiger partial charge is 0.331 e. The average Bonchev–Trinajstić information content (AvgIpc) is 2.45. The van der Waals surface area contributed by atoms with Gasteiger partial charge in [0.25, 0.3) is 0 Å². The molecule has 0 amide bonds. The molecule has 2 nitrogen and oxygen atoms in total. The van der Waals surface area contributed by atoms with Gasteiger partial charge in [0.05, 0.1) is 11.2 Å². The van der Waals surface area contributed by atoms with Crippen molar-refractivity contribution in [2.45, 2.75) is 38.9 Å². The van der Waals surface area contributed by atoms with Crippen LogP contribution in [0.3, 0.4) is 0 Å².